The Labute approximate surface area is 136 Å². The van der Waals surface area contributed by atoms with Crippen molar-refractivity contribution >= 4 is 6.03 Å². The molecule has 0 aliphatic heterocycles. The molecule has 0 radical (unpaired) electrons. The van der Waals surface area contributed by atoms with Crippen molar-refractivity contribution in [2.24, 2.45) is 5.92 Å². The Hall–Kier alpha value is -1.82. The van der Waals surface area contributed by atoms with Gasteiger partial charge in [0.2, 0.25) is 0 Å². The molecule has 0 bridgehead atoms. The van der Waals surface area contributed by atoms with Crippen LogP contribution in [0.2, 0.25) is 0 Å². The average Bonchev–Trinajstić information content (AvgIpc) is 2.55. The van der Waals surface area contributed by atoms with Crippen LogP contribution in [0, 0.1) is 11.7 Å². The molecule has 3 atom stereocenters. The second-order valence-corrected chi connectivity index (χ2v) is 6.07. The van der Waals surface area contributed by atoms with E-state index < -0.39 is 5.82 Å². The van der Waals surface area contributed by atoms with Gasteiger partial charge in [0.25, 0.3) is 0 Å². The van der Waals surface area contributed by atoms with Crippen molar-refractivity contribution in [1.29, 1.82) is 0 Å². The molecule has 5 nitrogen and oxygen atoms in total. The summed E-state index contributed by atoms with van der Waals surface area (Å²) in [5.41, 5.74) is 0.765. The smallest absolute Gasteiger partial charge is 0.315 e. The predicted octanol–water partition coefficient (Wildman–Crippen LogP) is 2.75. The summed E-state index contributed by atoms with van der Waals surface area (Å²) in [5.74, 6) is -0.152. The van der Waals surface area contributed by atoms with Crippen LogP contribution in [-0.4, -0.2) is 30.9 Å². The first kappa shape index (κ1) is 17.5. The molecular formula is C17H25FN2O3. The molecule has 1 aromatic rings. The Balaban J connectivity index is 1.94. The molecular weight excluding hydrogens is 299 g/mol. The minimum atomic E-state index is -0.430. The molecule has 128 valence electrons. The fraction of sp³-hybridized carbons (Fsp3) is 0.588. The monoisotopic (exact) mass is 324 g/mol. The number of aliphatic hydroxyl groups excluding tert-OH is 1. The fourth-order valence-corrected chi connectivity index (χ4v) is 3.05. The molecule has 23 heavy (non-hydrogen) atoms. The Bertz CT molecular complexity index is 539. The molecule has 0 aromatic heterocycles. The van der Waals surface area contributed by atoms with E-state index in [0.29, 0.717) is 0 Å². The predicted molar refractivity (Wildman–Crippen MR) is 85.9 cm³/mol. The molecule has 2 amide bonds. The van der Waals surface area contributed by atoms with E-state index >= 15 is 0 Å². The van der Waals surface area contributed by atoms with E-state index in [0.717, 1.165) is 31.2 Å². The van der Waals surface area contributed by atoms with E-state index in [1.54, 1.807) is 12.1 Å². The van der Waals surface area contributed by atoms with Crippen LogP contribution in [-0.2, 0) is 0 Å². The lowest BCUT2D eigenvalue weighted by molar-refractivity contribution is 0.153. The Morgan fingerprint density at radius 1 is 1.43 bits per heavy atom. The van der Waals surface area contributed by atoms with Crippen molar-refractivity contribution < 1.29 is 19.0 Å². The number of urea groups is 1. The SMILES string of the molecule is COc1cc(C(C)NC(=O)NC2CCCCC2CO)ccc1F. The number of carbonyl (C=O) groups is 1. The number of carbonyl (C=O) groups excluding carboxylic acids is 1. The summed E-state index contributed by atoms with van der Waals surface area (Å²) >= 11 is 0. The molecule has 1 aromatic carbocycles. The molecule has 0 spiro atoms. The van der Waals surface area contributed by atoms with Crippen LogP contribution < -0.4 is 15.4 Å². The van der Waals surface area contributed by atoms with Gasteiger partial charge < -0.3 is 20.5 Å². The lowest BCUT2D eigenvalue weighted by atomic mass is 9.85. The minimum Gasteiger partial charge on any atom is -0.494 e. The van der Waals surface area contributed by atoms with Gasteiger partial charge in [-0.25, -0.2) is 9.18 Å². The number of rotatable bonds is 5. The van der Waals surface area contributed by atoms with Gasteiger partial charge >= 0.3 is 6.03 Å². The average molecular weight is 324 g/mol. The summed E-state index contributed by atoms with van der Waals surface area (Å²) in [6, 6.07) is 3.99. The normalized spacial score (nSPS) is 22.3. The maximum atomic E-state index is 13.4. The number of ether oxygens (including phenoxy) is 1. The summed E-state index contributed by atoms with van der Waals surface area (Å²) in [6.45, 7) is 1.92. The van der Waals surface area contributed by atoms with Gasteiger partial charge in [0.15, 0.2) is 11.6 Å². The first-order chi connectivity index (χ1) is 11.0. The number of halogens is 1. The van der Waals surface area contributed by atoms with Gasteiger partial charge in [0, 0.05) is 18.6 Å². The highest BCUT2D eigenvalue weighted by Crippen LogP contribution is 2.25. The highest BCUT2D eigenvalue weighted by atomic mass is 19.1. The molecule has 2 rings (SSSR count). The lowest BCUT2D eigenvalue weighted by Gasteiger charge is -2.31. The van der Waals surface area contributed by atoms with Gasteiger partial charge in [-0.05, 0) is 37.5 Å². The molecule has 1 saturated carbocycles. The minimum absolute atomic E-state index is 0.00343. The van der Waals surface area contributed by atoms with E-state index in [2.05, 4.69) is 10.6 Å². The van der Waals surface area contributed by atoms with Crippen molar-refractivity contribution in [1.82, 2.24) is 10.6 Å². The van der Waals surface area contributed by atoms with E-state index in [-0.39, 0.29) is 36.4 Å². The van der Waals surface area contributed by atoms with Crippen molar-refractivity contribution in [3.05, 3.63) is 29.6 Å². The number of aliphatic hydroxyl groups is 1. The van der Waals surface area contributed by atoms with Gasteiger partial charge in [0.05, 0.1) is 13.2 Å². The summed E-state index contributed by atoms with van der Waals surface area (Å²) in [5, 5.41) is 15.2. The zero-order valence-electron chi connectivity index (χ0n) is 13.6. The summed E-state index contributed by atoms with van der Waals surface area (Å²) in [6.07, 6.45) is 3.98. The fourth-order valence-electron chi connectivity index (χ4n) is 3.05. The topological polar surface area (TPSA) is 70.6 Å². The van der Waals surface area contributed by atoms with Gasteiger partial charge in [-0.1, -0.05) is 18.9 Å². The van der Waals surface area contributed by atoms with E-state index in [1.807, 2.05) is 6.92 Å². The van der Waals surface area contributed by atoms with Crippen molar-refractivity contribution in [3.8, 4) is 5.75 Å². The van der Waals surface area contributed by atoms with Crippen LogP contribution in [0.15, 0.2) is 18.2 Å². The molecule has 1 aliphatic carbocycles. The molecule has 6 heteroatoms. The molecule has 1 fully saturated rings. The standard InChI is InChI=1S/C17H25FN2O3/c1-11(12-7-8-14(18)16(9-12)23-2)19-17(22)20-15-6-4-3-5-13(15)10-21/h7-9,11,13,15,21H,3-6,10H2,1-2H3,(H2,19,20,22). The third-order valence-electron chi connectivity index (χ3n) is 4.48. The first-order valence-corrected chi connectivity index (χ1v) is 8.06. The highest BCUT2D eigenvalue weighted by Gasteiger charge is 2.26. The first-order valence-electron chi connectivity index (χ1n) is 8.06. The second-order valence-electron chi connectivity index (χ2n) is 6.07. The van der Waals surface area contributed by atoms with Gasteiger partial charge in [-0.3, -0.25) is 0 Å². The van der Waals surface area contributed by atoms with Crippen molar-refractivity contribution in [3.63, 3.8) is 0 Å². The lowest BCUT2D eigenvalue weighted by Crippen LogP contribution is -2.48. The van der Waals surface area contributed by atoms with Gasteiger partial charge in [-0.15, -0.1) is 0 Å². The zero-order chi connectivity index (χ0) is 16.8. The summed E-state index contributed by atoms with van der Waals surface area (Å²) < 4.78 is 18.4. The number of methoxy groups -OCH3 is 1. The molecule has 1 aliphatic rings. The van der Waals surface area contributed by atoms with Gasteiger partial charge in [0.1, 0.15) is 0 Å². The van der Waals surface area contributed by atoms with Gasteiger partial charge in [-0.2, -0.15) is 0 Å². The molecule has 0 heterocycles. The number of amides is 2. The summed E-state index contributed by atoms with van der Waals surface area (Å²) in [7, 11) is 1.41. The van der Waals surface area contributed by atoms with E-state index in [4.69, 9.17) is 4.74 Å². The third-order valence-corrected chi connectivity index (χ3v) is 4.48. The summed E-state index contributed by atoms with van der Waals surface area (Å²) in [4.78, 5) is 12.2. The van der Waals surface area contributed by atoms with Crippen LogP contribution in [0.1, 0.15) is 44.2 Å². The van der Waals surface area contributed by atoms with Crippen LogP contribution in [0.3, 0.4) is 0 Å². The number of hydrogen-bond acceptors (Lipinski definition) is 3. The largest absolute Gasteiger partial charge is 0.494 e. The third kappa shape index (κ3) is 4.58. The molecule has 3 unspecified atom stereocenters. The van der Waals surface area contributed by atoms with Crippen molar-refractivity contribution in [2.75, 3.05) is 13.7 Å². The quantitative estimate of drug-likeness (QED) is 0.780. The second kappa shape index (κ2) is 8.15. The Morgan fingerprint density at radius 2 is 2.17 bits per heavy atom. The van der Waals surface area contributed by atoms with Crippen LogP contribution in [0.25, 0.3) is 0 Å². The van der Waals surface area contributed by atoms with E-state index in [9.17, 15) is 14.3 Å². The Morgan fingerprint density at radius 3 is 2.87 bits per heavy atom. The number of hydrogen-bond donors (Lipinski definition) is 3. The number of benzene rings is 1. The van der Waals surface area contributed by atoms with Crippen LogP contribution >= 0.6 is 0 Å². The molecule has 3 N–H and O–H groups in total. The maximum Gasteiger partial charge on any atom is 0.315 e. The highest BCUT2D eigenvalue weighted by molar-refractivity contribution is 5.74. The maximum absolute atomic E-state index is 13.4. The van der Waals surface area contributed by atoms with E-state index in [1.165, 1.54) is 13.2 Å². The molecule has 0 saturated heterocycles. The van der Waals surface area contributed by atoms with Crippen LogP contribution in [0.5, 0.6) is 5.75 Å². The number of nitrogens with one attached hydrogen (secondary N) is 2. The van der Waals surface area contributed by atoms with Crippen molar-refractivity contribution in [2.45, 2.75) is 44.7 Å². The Kier molecular flexibility index (Phi) is 6.21. The zero-order valence-corrected chi connectivity index (χ0v) is 13.6. The van der Waals surface area contributed by atoms with Crippen LogP contribution in [0.4, 0.5) is 9.18 Å².